The quantitative estimate of drug-likeness (QED) is 0.665. The van der Waals surface area contributed by atoms with Gasteiger partial charge in [-0.05, 0) is 24.9 Å². The fourth-order valence-electron chi connectivity index (χ4n) is 3.72. The third kappa shape index (κ3) is 4.94. The molecular formula is C19H29N3O4. The summed E-state index contributed by atoms with van der Waals surface area (Å²) in [6.07, 6.45) is 1.26. The van der Waals surface area contributed by atoms with Crippen molar-refractivity contribution < 1.29 is 19.4 Å². The summed E-state index contributed by atoms with van der Waals surface area (Å²) >= 11 is 0. The number of rotatable bonds is 7. The van der Waals surface area contributed by atoms with Crippen LogP contribution in [0.5, 0.6) is 0 Å². The molecule has 4 atom stereocenters. The Morgan fingerprint density at radius 1 is 1.38 bits per heavy atom. The lowest BCUT2D eigenvalue weighted by molar-refractivity contribution is 0.00470. The summed E-state index contributed by atoms with van der Waals surface area (Å²) in [6.45, 7) is 3.14. The van der Waals surface area contributed by atoms with Crippen molar-refractivity contribution in [1.29, 1.82) is 0 Å². The zero-order chi connectivity index (χ0) is 18.4. The summed E-state index contributed by atoms with van der Waals surface area (Å²) in [7, 11) is 1.71. The first-order chi connectivity index (χ1) is 12.7. The molecule has 26 heavy (non-hydrogen) atoms. The van der Waals surface area contributed by atoms with Crippen molar-refractivity contribution in [3.8, 4) is 0 Å². The van der Waals surface area contributed by atoms with E-state index in [4.69, 9.17) is 9.47 Å². The number of ether oxygens (including phenoxy) is 2. The number of carbonyl (C=O) groups excluding carboxylic acids is 1. The Morgan fingerprint density at radius 2 is 2.19 bits per heavy atom. The number of methoxy groups -OCH3 is 1. The standard InChI is InChI=1S/C19H29N3O4/c1-25-12-15-8-5-9-22(15)11-17-18(23)16(13-26-17)21-19(24)20-10-14-6-3-2-4-7-14/h2-4,6-7,15-18,23H,5,8-13H2,1H3,(H2,20,21,24)/t15-,16+,17+,18-/m1/s1. The highest BCUT2D eigenvalue weighted by Gasteiger charge is 2.39. The normalized spacial score (nSPS) is 29.0. The maximum Gasteiger partial charge on any atom is 0.315 e. The number of amides is 2. The van der Waals surface area contributed by atoms with Crippen LogP contribution >= 0.6 is 0 Å². The summed E-state index contributed by atoms with van der Waals surface area (Å²) in [4.78, 5) is 14.4. The molecule has 0 saturated carbocycles. The van der Waals surface area contributed by atoms with Gasteiger partial charge in [-0.1, -0.05) is 30.3 Å². The van der Waals surface area contributed by atoms with Crippen molar-refractivity contribution in [3.05, 3.63) is 35.9 Å². The van der Waals surface area contributed by atoms with Crippen molar-refractivity contribution in [3.63, 3.8) is 0 Å². The molecule has 2 aliphatic rings. The molecule has 2 fully saturated rings. The average molecular weight is 363 g/mol. The van der Waals surface area contributed by atoms with Crippen LogP contribution in [-0.4, -0.2) is 73.7 Å². The van der Waals surface area contributed by atoms with Crippen LogP contribution < -0.4 is 10.6 Å². The molecule has 0 aromatic heterocycles. The van der Waals surface area contributed by atoms with Crippen LogP contribution in [0.2, 0.25) is 0 Å². The molecule has 7 nitrogen and oxygen atoms in total. The van der Waals surface area contributed by atoms with Crippen molar-refractivity contribution >= 4 is 6.03 Å². The maximum absolute atomic E-state index is 12.1. The van der Waals surface area contributed by atoms with E-state index in [1.54, 1.807) is 7.11 Å². The Balaban J connectivity index is 1.43. The van der Waals surface area contributed by atoms with Crippen LogP contribution in [0.25, 0.3) is 0 Å². The van der Waals surface area contributed by atoms with Crippen LogP contribution in [0.15, 0.2) is 30.3 Å². The van der Waals surface area contributed by atoms with Crippen LogP contribution in [0, 0.1) is 0 Å². The molecule has 0 bridgehead atoms. The molecule has 2 heterocycles. The van der Waals surface area contributed by atoms with Gasteiger partial charge in [0.1, 0.15) is 6.10 Å². The highest BCUT2D eigenvalue weighted by atomic mass is 16.5. The second-order valence-corrected chi connectivity index (χ2v) is 7.03. The van der Waals surface area contributed by atoms with Gasteiger partial charge in [0, 0.05) is 26.2 Å². The molecule has 2 aliphatic heterocycles. The third-order valence-corrected chi connectivity index (χ3v) is 5.17. The molecule has 3 N–H and O–H groups in total. The minimum Gasteiger partial charge on any atom is -0.388 e. The minimum atomic E-state index is -0.707. The van der Waals surface area contributed by atoms with Gasteiger partial charge in [0.05, 0.1) is 25.4 Å². The van der Waals surface area contributed by atoms with E-state index >= 15 is 0 Å². The fraction of sp³-hybridized carbons (Fsp3) is 0.632. The number of nitrogens with zero attached hydrogens (tertiary/aromatic N) is 1. The maximum atomic E-state index is 12.1. The Hall–Kier alpha value is -1.67. The number of urea groups is 1. The summed E-state index contributed by atoms with van der Waals surface area (Å²) in [5, 5.41) is 16.2. The Kier molecular flexibility index (Phi) is 6.85. The molecule has 144 valence electrons. The number of benzene rings is 1. The monoisotopic (exact) mass is 363 g/mol. The van der Waals surface area contributed by atoms with E-state index in [1.165, 1.54) is 0 Å². The average Bonchev–Trinajstić information content (AvgIpc) is 3.23. The Labute approximate surface area is 154 Å². The second kappa shape index (κ2) is 9.32. The van der Waals surface area contributed by atoms with Crippen LogP contribution in [0.1, 0.15) is 18.4 Å². The van der Waals surface area contributed by atoms with Gasteiger partial charge in [-0.15, -0.1) is 0 Å². The summed E-state index contributed by atoms with van der Waals surface area (Å²) in [5.74, 6) is 0. The molecule has 2 amide bonds. The van der Waals surface area contributed by atoms with E-state index < -0.39 is 6.10 Å². The fourth-order valence-corrected chi connectivity index (χ4v) is 3.72. The molecular weight excluding hydrogens is 334 g/mol. The highest BCUT2D eigenvalue weighted by Crippen LogP contribution is 2.22. The van der Waals surface area contributed by atoms with Gasteiger partial charge in [0.2, 0.25) is 0 Å². The number of hydrogen-bond acceptors (Lipinski definition) is 5. The molecule has 0 aliphatic carbocycles. The molecule has 1 aromatic carbocycles. The molecule has 0 spiro atoms. The van der Waals surface area contributed by atoms with Gasteiger partial charge in [-0.3, -0.25) is 4.90 Å². The number of carbonyl (C=O) groups is 1. The first-order valence-electron chi connectivity index (χ1n) is 9.28. The minimum absolute atomic E-state index is 0.285. The number of likely N-dealkylation sites (tertiary alicyclic amines) is 1. The van der Waals surface area contributed by atoms with E-state index in [1.807, 2.05) is 30.3 Å². The smallest absolute Gasteiger partial charge is 0.315 e. The Bertz CT molecular complexity index is 571. The van der Waals surface area contributed by atoms with Gasteiger partial charge >= 0.3 is 6.03 Å². The number of hydrogen-bond donors (Lipinski definition) is 3. The largest absolute Gasteiger partial charge is 0.388 e. The van der Waals surface area contributed by atoms with Crippen molar-refractivity contribution in [2.75, 3.05) is 33.4 Å². The lowest BCUT2D eigenvalue weighted by Crippen LogP contribution is -2.50. The van der Waals surface area contributed by atoms with E-state index in [9.17, 15) is 9.90 Å². The van der Waals surface area contributed by atoms with Gasteiger partial charge in [-0.25, -0.2) is 4.79 Å². The van der Waals surface area contributed by atoms with Crippen LogP contribution in [0.3, 0.4) is 0 Å². The molecule has 1 aromatic rings. The van der Waals surface area contributed by atoms with Crippen molar-refractivity contribution in [1.82, 2.24) is 15.5 Å². The van der Waals surface area contributed by atoms with E-state index in [0.29, 0.717) is 32.3 Å². The van der Waals surface area contributed by atoms with E-state index in [-0.39, 0.29) is 18.2 Å². The van der Waals surface area contributed by atoms with Crippen LogP contribution in [0.4, 0.5) is 4.79 Å². The van der Waals surface area contributed by atoms with Gasteiger partial charge in [-0.2, -0.15) is 0 Å². The summed E-state index contributed by atoms with van der Waals surface area (Å²) in [5.41, 5.74) is 1.03. The van der Waals surface area contributed by atoms with Gasteiger partial charge in [0.25, 0.3) is 0 Å². The van der Waals surface area contributed by atoms with E-state index in [2.05, 4.69) is 15.5 Å². The van der Waals surface area contributed by atoms with Gasteiger partial charge < -0.3 is 25.2 Å². The predicted octanol–water partition coefficient (Wildman–Crippen LogP) is 0.725. The zero-order valence-electron chi connectivity index (χ0n) is 15.3. The zero-order valence-corrected chi connectivity index (χ0v) is 15.3. The topological polar surface area (TPSA) is 83.1 Å². The molecule has 3 rings (SSSR count). The first-order valence-corrected chi connectivity index (χ1v) is 9.28. The molecule has 0 radical (unpaired) electrons. The molecule has 2 saturated heterocycles. The third-order valence-electron chi connectivity index (χ3n) is 5.17. The summed E-state index contributed by atoms with van der Waals surface area (Å²) < 4.78 is 11.0. The van der Waals surface area contributed by atoms with Crippen molar-refractivity contribution in [2.24, 2.45) is 0 Å². The van der Waals surface area contributed by atoms with Crippen molar-refractivity contribution in [2.45, 2.75) is 43.7 Å². The second-order valence-electron chi connectivity index (χ2n) is 7.03. The first kappa shape index (κ1) is 19.1. The number of nitrogens with one attached hydrogen (secondary N) is 2. The van der Waals surface area contributed by atoms with E-state index in [0.717, 1.165) is 24.9 Å². The SMILES string of the molecule is COC[C@H]1CCCN1C[C@@H]1OC[C@H](NC(=O)NCc2ccccc2)[C@H]1O. The van der Waals surface area contributed by atoms with Crippen LogP contribution in [-0.2, 0) is 16.0 Å². The van der Waals surface area contributed by atoms with Gasteiger partial charge in [0.15, 0.2) is 0 Å². The lowest BCUT2D eigenvalue weighted by Gasteiger charge is -2.28. The number of aliphatic hydroxyl groups is 1. The predicted molar refractivity (Wildman–Crippen MR) is 97.8 cm³/mol. The lowest BCUT2D eigenvalue weighted by atomic mass is 10.1. The molecule has 0 unspecified atom stereocenters. The highest BCUT2D eigenvalue weighted by molar-refractivity contribution is 5.74. The number of aliphatic hydroxyl groups excluding tert-OH is 1. The molecule has 7 heteroatoms. The summed E-state index contributed by atoms with van der Waals surface area (Å²) in [6, 6.07) is 9.42. The Morgan fingerprint density at radius 3 is 2.96 bits per heavy atom.